The van der Waals surface area contributed by atoms with E-state index in [4.69, 9.17) is 33.7 Å². The molecule has 0 aromatic heterocycles. The van der Waals surface area contributed by atoms with Crippen molar-refractivity contribution in [3.05, 3.63) is 58.1 Å². The van der Waals surface area contributed by atoms with Gasteiger partial charge in [0.2, 0.25) is 0 Å². The Morgan fingerprint density at radius 2 is 1.59 bits per heavy atom. The molecular formula is C13H11Cl2NO. The fraction of sp³-hybridized carbons (Fsp3) is 0.0769. The van der Waals surface area contributed by atoms with E-state index in [0.717, 1.165) is 5.56 Å². The summed E-state index contributed by atoms with van der Waals surface area (Å²) in [7, 11) is 0. The van der Waals surface area contributed by atoms with Crippen molar-refractivity contribution < 1.29 is 4.74 Å². The van der Waals surface area contributed by atoms with Crippen LogP contribution in [0, 0.1) is 0 Å². The van der Waals surface area contributed by atoms with Crippen LogP contribution in [0.5, 0.6) is 11.5 Å². The van der Waals surface area contributed by atoms with E-state index < -0.39 is 0 Å². The van der Waals surface area contributed by atoms with Crippen LogP contribution in [-0.4, -0.2) is 0 Å². The van der Waals surface area contributed by atoms with Crippen LogP contribution >= 0.6 is 23.2 Å². The molecule has 0 atom stereocenters. The molecule has 0 aliphatic rings. The van der Waals surface area contributed by atoms with Gasteiger partial charge in [-0.1, -0.05) is 41.4 Å². The molecule has 0 aliphatic heterocycles. The first-order chi connectivity index (χ1) is 8.20. The third-order valence-electron chi connectivity index (χ3n) is 2.26. The van der Waals surface area contributed by atoms with E-state index in [1.807, 2.05) is 30.3 Å². The lowest BCUT2D eigenvalue weighted by Gasteiger charge is -2.10. The molecule has 2 aromatic rings. The first kappa shape index (κ1) is 12.2. The molecule has 4 heteroatoms. The van der Waals surface area contributed by atoms with Crippen LogP contribution in [0.4, 0.5) is 0 Å². The van der Waals surface area contributed by atoms with Crippen LogP contribution in [0.15, 0.2) is 42.5 Å². The summed E-state index contributed by atoms with van der Waals surface area (Å²) in [6.45, 7) is 0.394. The standard InChI is InChI=1S/C13H11Cl2NO/c14-11-6-9(8-16)7-12(15)13(11)17-10-4-2-1-3-5-10/h1-7H,8,16H2. The number of rotatable bonds is 3. The molecule has 2 N–H and O–H groups in total. The number of benzene rings is 2. The van der Waals surface area contributed by atoms with Crippen molar-refractivity contribution in [2.75, 3.05) is 0 Å². The van der Waals surface area contributed by atoms with Gasteiger partial charge in [0.1, 0.15) is 5.75 Å². The topological polar surface area (TPSA) is 35.2 Å². The fourth-order valence-corrected chi connectivity index (χ4v) is 2.04. The highest BCUT2D eigenvalue weighted by molar-refractivity contribution is 6.37. The molecule has 0 radical (unpaired) electrons. The minimum absolute atomic E-state index is 0.394. The van der Waals surface area contributed by atoms with Gasteiger partial charge in [-0.3, -0.25) is 0 Å². The van der Waals surface area contributed by atoms with Gasteiger partial charge in [0.05, 0.1) is 10.0 Å². The van der Waals surface area contributed by atoms with Gasteiger partial charge in [-0.05, 0) is 29.8 Å². The predicted octanol–water partition coefficient (Wildman–Crippen LogP) is 4.24. The summed E-state index contributed by atoms with van der Waals surface area (Å²) in [6, 6.07) is 12.9. The summed E-state index contributed by atoms with van der Waals surface area (Å²) in [6.07, 6.45) is 0. The molecule has 0 unspecified atom stereocenters. The Balaban J connectivity index is 2.33. The number of para-hydroxylation sites is 1. The Morgan fingerprint density at radius 3 is 2.12 bits per heavy atom. The van der Waals surface area contributed by atoms with Gasteiger partial charge in [0.15, 0.2) is 5.75 Å². The number of hydrogen-bond donors (Lipinski definition) is 1. The molecular weight excluding hydrogens is 257 g/mol. The lowest BCUT2D eigenvalue weighted by Crippen LogP contribution is -1.97. The van der Waals surface area contributed by atoms with Crippen molar-refractivity contribution in [3.63, 3.8) is 0 Å². The SMILES string of the molecule is NCc1cc(Cl)c(Oc2ccccc2)c(Cl)c1. The largest absolute Gasteiger partial charge is 0.454 e. The molecule has 0 fully saturated rings. The van der Waals surface area contributed by atoms with E-state index in [2.05, 4.69) is 0 Å². The van der Waals surface area contributed by atoms with Gasteiger partial charge < -0.3 is 10.5 Å². The van der Waals surface area contributed by atoms with Gasteiger partial charge >= 0.3 is 0 Å². The van der Waals surface area contributed by atoms with Gasteiger partial charge in [0.25, 0.3) is 0 Å². The minimum atomic E-state index is 0.394. The zero-order valence-corrected chi connectivity index (χ0v) is 10.5. The lowest BCUT2D eigenvalue weighted by molar-refractivity contribution is 0.483. The van der Waals surface area contributed by atoms with Crippen LogP contribution in [0.25, 0.3) is 0 Å². The van der Waals surface area contributed by atoms with E-state index in [1.54, 1.807) is 12.1 Å². The quantitative estimate of drug-likeness (QED) is 0.903. The van der Waals surface area contributed by atoms with Gasteiger partial charge in [0, 0.05) is 6.54 Å². The highest BCUT2D eigenvalue weighted by atomic mass is 35.5. The second-order valence-electron chi connectivity index (χ2n) is 3.51. The summed E-state index contributed by atoms with van der Waals surface area (Å²) in [5.74, 6) is 1.15. The third kappa shape index (κ3) is 2.91. The number of halogens is 2. The van der Waals surface area contributed by atoms with Crippen molar-refractivity contribution in [1.82, 2.24) is 0 Å². The van der Waals surface area contributed by atoms with Crippen molar-refractivity contribution in [2.45, 2.75) is 6.54 Å². The Morgan fingerprint density at radius 1 is 1.00 bits per heavy atom. The monoisotopic (exact) mass is 267 g/mol. The Kier molecular flexibility index (Phi) is 3.89. The number of nitrogens with two attached hydrogens (primary N) is 1. The number of hydrogen-bond acceptors (Lipinski definition) is 2. The predicted molar refractivity (Wildman–Crippen MR) is 70.9 cm³/mol. The molecule has 0 spiro atoms. The fourth-order valence-electron chi connectivity index (χ4n) is 1.43. The average molecular weight is 268 g/mol. The smallest absolute Gasteiger partial charge is 0.164 e. The van der Waals surface area contributed by atoms with Crippen LogP contribution < -0.4 is 10.5 Å². The number of ether oxygens (including phenoxy) is 1. The lowest BCUT2D eigenvalue weighted by atomic mass is 10.2. The zero-order chi connectivity index (χ0) is 12.3. The van der Waals surface area contributed by atoms with Crippen molar-refractivity contribution in [2.24, 2.45) is 5.73 Å². The molecule has 17 heavy (non-hydrogen) atoms. The first-order valence-electron chi connectivity index (χ1n) is 5.11. The van der Waals surface area contributed by atoms with Crippen LogP contribution in [0.1, 0.15) is 5.56 Å². The zero-order valence-electron chi connectivity index (χ0n) is 8.99. The van der Waals surface area contributed by atoms with Crippen molar-refractivity contribution in [1.29, 1.82) is 0 Å². The van der Waals surface area contributed by atoms with Gasteiger partial charge in [-0.25, -0.2) is 0 Å². The second kappa shape index (κ2) is 5.41. The summed E-state index contributed by atoms with van der Waals surface area (Å²) >= 11 is 12.2. The molecule has 0 saturated heterocycles. The molecule has 0 aliphatic carbocycles. The maximum atomic E-state index is 6.10. The summed E-state index contributed by atoms with van der Waals surface area (Å²) < 4.78 is 5.63. The Hall–Kier alpha value is -1.22. The normalized spacial score (nSPS) is 10.3. The highest BCUT2D eigenvalue weighted by Gasteiger charge is 2.10. The van der Waals surface area contributed by atoms with E-state index in [0.29, 0.717) is 28.1 Å². The molecule has 0 saturated carbocycles. The van der Waals surface area contributed by atoms with Crippen LogP contribution in [0.2, 0.25) is 10.0 Å². The van der Waals surface area contributed by atoms with E-state index >= 15 is 0 Å². The summed E-state index contributed by atoms with van der Waals surface area (Å²) in [4.78, 5) is 0. The van der Waals surface area contributed by atoms with Crippen molar-refractivity contribution in [3.8, 4) is 11.5 Å². The van der Waals surface area contributed by atoms with Gasteiger partial charge in [-0.2, -0.15) is 0 Å². The molecule has 2 aromatic carbocycles. The summed E-state index contributed by atoms with van der Waals surface area (Å²) in [5.41, 5.74) is 6.41. The Labute approximate surface area is 110 Å². The van der Waals surface area contributed by atoms with E-state index in [9.17, 15) is 0 Å². The van der Waals surface area contributed by atoms with Gasteiger partial charge in [-0.15, -0.1) is 0 Å². The van der Waals surface area contributed by atoms with Crippen molar-refractivity contribution >= 4 is 23.2 Å². The molecule has 0 bridgehead atoms. The van der Waals surface area contributed by atoms with E-state index in [1.165, 1.54) is 0 Å². The average Bonchev–Trinajstić information content (AvgIpc) is 2.35. The highest BCUT2D eigenvalue weighted by Crippen LogP contribution is 2.37. The van der Waals surface area contributed by atoms with E-state index in [-0.39, 0.29) is 0 Å². The first-order valence-corrected chi connectivity index (χ1v) is 5.87. The van der Waals surface area contributed by atoms with Crippen LogP contribution in [0.3, 0.4) is 0 Å². The summed E-state index contributed by atoms with van der Waals surface area (Å²) in [5, 5.41) is 0.920. The molecule has 2 nitrogen and oxygen atoms in total. The maximum absolute atomic E-state index is 6.10. The second-order valence-corrected chi connectivity index (χ2v) is 4.32. The minimum Gasteiger partial charge on any atom is -0.454 e. The molecule has 88 valence electrons. The molecule has 0 heterocycles. The molecule has 2 rings (SSSR count). The molecule has 0 amide bonds. The Bertz CT molecular complexity index is 491. The third-order valence-corrected chi connectivity index (χ3v) is 2.82. The van der Waals surface area contributed by atoms with Crippen LogP contribution in [-0.2, 0) is 6.54 Å². The maximum Gasteiger partial charge on any atom is 0.164 e.